The van der Waals surface area contributed by atoms with Crippen LogP contribution in [0.2, 0.25) is 0 Å². The van der Waals surface area contributed by atoms with Gasteiger partial charge >= 0.3 is 23.9 Å². The Balaban J connectivity index is 3.29. The molecule has 11 nitrogen and oxygen atoms in total. The molecule has 3 unspecified atom stereocenters. The third-order valence-electron chi connectivity index (χ3n) is 3.35. The molecule has 1 amide bonds. The molecule has 1 rings (SSSR count). The number of ether oxygens (including phenoxy) is 5. The maximum absolute atomic E-state index is 11.6. The maximum Gasteiger partial charge on any atom is 0.305 e. The Kier molecular flexibility index (Phi) is 8.16. The zero-order chi connectivity index (χ0) is 20.7. The van der Waals surface area contributed by atoms with E-state index >= 15 is 0 Å². The van der Waals surface area contributed by atoms with Crippen molar-refractivity contribution in [3.05, 3.63) is 0 Å². The fourth-order valence-electron chi connectivity index (χ4n) is 2.55. The fourth-order valence-corrected chi connectivity index (χ4v) is 2.55. The Morgan fingerprint density at radius 3 is 1.74 bits per heavy atom. The van der Waals surface area contributed by atoms with Crippen LogP contribution >= 0.6 is 0 Å². The summed E-state index contributed by atoms with van der Waals surface area (Å²) in [5, 5.41) is 2.46. The molecule has 5 atom stereocenters. The normalized spacial score (nSPS) is 27.1. The number of carbonyl (C=O) groups excluding carboxylic acids is 5. The first-order chi connectivity index (χ1) is 12.5. The first-order valence-electron chi connectivity index (χ1n) is 8.08. The van der Waals surface area contributed by atoms with Crippen LogP contribution in [0.3, 0.4) is 0 Å². The van der Waals surface area contributed by atoms with Crippen molar-refractivity contribution in [3.63, 3.8) is 0 Å². The molecule has 11 heteroatoms. The van der Waals surface area contributed by atoms with E-state index in [0.717, 1.165) is 27.7 Å². The van der Waals surface area contributed by atoms with Crippen molar-refractivity contribution in [2.24, 2.45) is 0 Å². The molecule has 1 fully saturated rings. The number of nitrogens with one attached hydrogen (secondary N) is 1. The van der Waals surface area contributed by atoms with E-state index in [1.165, 1.54) is 6.92 Å². The van der Waals surface area contributed by atoms with Crippen LogP contribution in [-0.2, 0) is 47.7 Å². The van der Waals surface area contributed by atoms with Crippen LogP contribution in [0, 0.1) is 0 Å². The van der Waals surface area contributed by atoms with Gasteiger partial charge in [0.15, 0.2) is 12.2 Å². The standard InChI is InChI=1S/C16H23NO10/c1-7(18)17-13-15(25-10(4)21)14(24-9(3)20)12(6-23-8(2)19)27-16(13)26-11(5)22/h12-16H,6H2,1-5H3,(H,17,18)/t12?,13?,14-,15-,16?/m1/s1. The van der Waals surface area contributed by atoms with Crippen molar-refractivity contribution in [2.75, 3.05) is 6.61 Å². The van der Waals surface area contributed by atoms with Gasteiger partial charge in [0.1, 0.15) is 18.8 Å². The van der Waals surface area contributed by atoms with E-state index in [9.17, 15) is 24.0 Å². The van der Waals surface area contributed by atoms with Crippen LogP contribution < -0.4 is 5.32 Å². The van der Waals surface area contributed by atoms with Crippen molar-refractivity contribution in [1.29, 1.82) is 0 Å². The molecule has 1 saturated heterocycles. The van der Waals surface area contributed by atoms with E-state index < -0.39 is 60.4 Å². The van der Waals surface area contributed by atoms with Crippen molar-refractivity contribution in [3.8, 4) is 0 Å². The molecule has 0 aliphatic carbocycles. The summed E-state index contributed by atoms with van der Waals surface area (Å²) >= 11 is 0. The van der Waals surface area contributed by atoms with Crippen molar-refractivity contribution < 1.29 is 47.7 Å². The van der Waals surface area contributed by atoms with Gasteiger partial charge in [-0.25, -0.2) is 0 Å². The third-order valence-corrected chi connectivity index (χ3v) is 3.35. The predicted octanol–water partition coefficient (Wildman–Crippen LogP) is -0.794. The lowest BCUT2D eigenvalue weighted by Gasteiger charge is -2.44. The second-order valence-electron chi connectivity index (χ2n) is 5.83. The third kappa shape index (κ3) is 7.21. The van der Waals surface area contributed by atoms with Crippen LogP contribution in [0.1, 0.15) is 34.6 Å². The molecule has 27 heavy (non-hydrogen) atoms. The van der Waals surface area contributed by atoms with E-state index in [0.29, 0.717) is 0 Å². The Labute approximate surface area is 155 Å². The molecule has 0 bridgehead atoms. The van der Waals surface area contributed by atoms with E-state index in [2.05, 4.69) is 5.32 Å². The minimum Gasteiger partial charge on any atom is -0.463 e. The SMILES string of the molecule is CC(=O)NC1C(OC(C)=O)OC(COC(C)=O)[C@@H](OC(C)=O)[C@@H]1OC(C)=O. The first-order valence-corrected chi connectivity index (χ1v) is 8.08. The van der Waals surface area contributed by atoms with Crippen LogP contribution in [-0.4, -0.2) is 67.0 Å². The van der Waals surface area contributed by atoms with Gasteiger partial charge in [-0.05, 0) is 0 Å². The molecule has 1 heterocycles. The molecule has 152 valence electrons. The lowest BCUT2D eigenvalue weighted by Crippen LogP contribution is -2.66. The summed E-state index contributed by atoms with van der Waals surface area (Å²) in [6, 6.07) is -1.16. The van der Waals surface area contributed by atoms with Gasteiger partial charge in [0.25, 0.3) is 0 Å². The minimum atomic E-state index is -1.37. The van der Waals surface area contributed by atoms with Crippen LogP contribution in [0.25, 0.3) is 0 Å². The Morgan fingerprint density at radius 2 is 1.30 bits per heavy atom. The number of carbonyl (C=O) groups is 5. The van der Waals surface area contributed by atoms with Gasteiger partial charge in [-0.1, -0.05) is 0 Å². The molecule has 0 aromatic carbocycles. The molecule has 1 N–H and O–H groups in total. The summed E-state index contributed by atoms with van der Waals surface area (Å²) in [4.78, 5) is 57.2. The van der Waals surface area contributed by atoms with Crippen LogP contribution in [0.5, 0.6) is 0 Å². The summed E-state index contributed by atoms with van der Waals surface area (Å²) in [5.74, 6) is -3.34. The number of hydrogen-bond donors (Lipinski definition) is 1. The highest BCUT2D eigenvalue weighted by Gasteiger charge is 2.52. The molecule has 0 aromatic rings. The molecule has 0 saturated carbocycles. The summed E-state index contributed by atoms with van der Waals surface area (Å²) in [6.45, 7) is 5.36. The first kappa shape index (κ1) is 22.4. The van der Waals surface area contributed by atoms with Gasteiger partial charge in [0.2, 0.25) is 12.2 Å². The quantitative estimate of drug-likeness (QED) is 0.453. The number of hydrogen-bond acceptors (Lipinski definition) is 10. The fraction of sp³-hybridized carbons (Fsp3) is 0.688. The van der Waals surface area contributed by atoms with Crippen molar-refractivity contribution in [1.82, 2.24) is 5.32 Å². The zero-order valence-corrected chi connectivity index (χ0v) is 15.7. The van der Waals surface area contributed by atoms with E-state index in [-0.39, 0.29) is 6.61 Å². The van der Waals surface area contributed by atoms with Gasteiger partial charge in [-0.3, -0.25) is 24.0 Å². The number of rotatable bonds is 6. The molecule has 0 aromatic heterocycles. The molecule has 1 aliphatic rings. The van der Waals surface area contributed by atoms with Gasteiger partial charge < -0.3 is 29.0 Å². The smallest absolute Gasteiger partial charge is 0.305 e. The highest BCUT2D eigenvalue weighted by atomic mass is 16.7. The second-order valence-corrected chi connectivity index (χ2v) is 5.83. The minimum absolute atomic E-state index is 0.365. The lowest BCUT2D eigenvalue weighted by atomic mass is 9.96. The van der Waals surface area contributed by atoms with E-state index in [1.54, 1.807) is 0 Å². The molecule has 1 aliphatic heterocycles. The molecule has 0 spiro atoms. The number of esters is 4. The van der Waals surface area contributed by atoms with Crippen molar-refractivity contribution in [2.45, 2.75) is 65.3 Å². The zero-order valence-electron chi connectivity index (χ0n) is 15.7. The average Bonchev–Trinajstić information content (AvgIpc) is 2.49. The predicted molar refractivity (Wildman–Crippen MR) is 85.8 cm³/mol. The van der Waals surface area contributed by atoms with Gasteiger partial charge in [0, 0.05) is 34.6 Å². The van der Waals surface area contributed by atoms with Gasteiger partial charge in [0.05, 0.1) is 0 Å². The van der Waals surface area contributed by atoms with Crippen LogP contribution in [0.15, 0.2) is 0 Å². The Bertz CT molecular complexity index is 604. The van der Waals surface area contributed by atoms with E-state index in [4.69, 9.17) is 23.7 Å². The molecular formula is C16H23NO10. The largest absolute Gasteiger partial charge is 0.463 e. The van der Waals surface area contributed by atoms with E-state index in [1.807, 2.05) is 0 Å². The second kappa shape index (κ2) is 9.86. The van der Waals surface area contributed by atoms with Gasteiger partial charge in [-0.15, -0.1) is 0 Å². The monoisotopic (exact) mass is 389 g/mol. The summed E-state index contributed by atoms with van der Waals surface area (Å²) in [7, 11) is 0. The maximum atomic E-state index is 11.6. The number of amides is 1. The Morgan fingerprint density at radius 1 is 0.778 bits per heavy atom. The summed E-state index contributed by atoms with van der Waals surface area (Å²) in [6.07, 6.45) is -4.97. The van der Waals surface area contributed by atoms with Gasteiger partial charge in [-0.2, -0.15) is 0 Å². The Hall–Kier alpha value is -2.69. The highest BCUT2D eigenvalue weighted by molar-refractivity contribution is 5.74. The summed E-state index contributed by atoms with van der Waals surface area (Å²) < 4.78 is 25.9. The highest BCUT2D eigenvalue weighted by Crippen LogP contribution is 2.28. The topological polar surface area (TPSA) is 144 Å². The van der Waals surface area contributed by atoms with Crippen LogP contribution in [0.4, 0.5) is 0 Å². The molecular weight excluding hydrogens is 366 g/mol. The molecule has 0 radical (unpaired) electrons. The average molecular weight is 389 g/mol. The van der Waals surface area contributed by atoms with Crippen molar-refractivity contribution >= 4 is 29.8 Å². The lowest BCUT2D eigenvalue weighted by molar-refractivity contribution is -0.270. The summed E-state index contributed by atoms with van der Waals surface area (Å²) in [5.41, 5.74) is 0.